The third kappa shape index (κ3) is 3.22. The van der Waals surface area contributed by atoms with Crippen molar-refractivity contribution in [3.8, 4) is 11.5 Å². The zero-order chi connectivity index (χ0) is 15.6. The van der Waals surface area contributed by atoms with E-state index >= 15 is 0 Å². The van der Waals surface area contributed by atoms with E-state index in [4.69, 9.17) is 4.74 Å². The highest BCUT2D eigenvalue weighted by Gasteiger charge is 2.18. The first kappa shape index (κ1) is 14.6. The van der Waals surface area contributed by atoms with E-state index in [2.05, 4.69) is 0 Å². The molecule has 0 saturated carbocycles. The van der Waals surface area contributed by atoms with Crippen molar-refractivity contribution < 1.29 is 18.8 Å². The number of nitro benzene ring substituents is 1. The van der Waals surface area contributed by atoms with Crippen LogP contribution in [0, 0.1) is 22.9 Å². The van der Waals surface area contributed by atoms with Gasteiger partial charge in [-0.15, -0.1) is 0 Å². The van der Waals surface area contributed by atoms with Gasteiger partial charge >= 0.3 is 0 Å². The van der Waals surface area contributed by atoms with E-state index in [1.54, 1.807) is 6.92 Å². The molecule has 0 aromatic heterocycles. The average molecular weight is 289 g/mol. The molecule has 6 heteroatoms. The third-order valence-electron chi connectivity index (χ3n) is 2.91. The molecule has 0 aliphatic heterocycles. The second-order valence-electron chi connectivity index (χ2n) is 4.51. The number of nitro groups is 1. The SMILES string of the molecule is CC(=O)c1ccc(Oc2ccc(F)c(C)c2)cc1[N+](=O)[O-]. The molecule has 0 atom stereocenters. The molecule has 0 heterocycles. The summed E-state index contributed by atoms with van der Waals surface area (Å²) in [6.07, 6.45) is 0. The Labute approximate surface area is 120 Å². The minimum Gasteiger partial charge on any atom is -0.457 e. The molecule has 0 aliphatic rings. The lowest BCUT2D eigenvalue weighted by Gasteiger charge is -2.08. The minimum absolute atomic E-state index is 0.0163. The third-order valence-corrected chi connectivity index (χ3v) is 2.91. The number of hydrogen-bond acceptors (Lipinski definition) is 4. The van der Waals surface area contributed by atoms with E-state index in [1.165, 1.54) is 43.3 Å². The Morgan fingerprint density at radius 2 is 1.81 bits per heavy atom. The van der Waals surface area contributed by atoms with Gasteiger partial charge in [0.05, 0.1) is 16.6 Å². The van der Waals surface area contributed by atoms with Gasteiger partial charge in [0.2, 0.25) is 0 Å². The summed E-state index contributed by atoms with van der Waals surface area (Å²) in [7, 11) is 0. The van der Waals surface area contributed by atoms with Crippen LogP contribution in [0.25, 0.3) is 0 Å². The molecule has 0 spiro atoms. The van der Waals surface area contributed by atoms with Crippen molar-refractivity contribution >= 4 is 11.5 Å². The van der Waals surface area contributed by atoms with Crippen LogP contribution in [-0.2, 0) is 0 Å². The fraction of sp³-hybridized carbons (Fsp3) is 0.133. The van der Waals surface area contributed by atoms with E-state index < -0.39 is 10.7 Å². The standard InChI is InChI=1S/C15H12FNO4/c1-9-7-11(4-6-14(9)16)21-12-3-5-13(10(2)18)15(8-12)17(19)20/h3-8H,1-2H3. The summed E-state index contributed by atoms with van der Waals surface area (Å²) in [5.74, 6) is -0.192. The maximum absolute atomic E-state index is 13.2. The Morgan fingerprint density at radius 1 is 1.19 bits per heavy atom. The molecule has 0 unspecified atom stereocenters. The zero-order valence-electron chi connectivity index (χ0n) is 11.4. The second kappa shape index (κ2) is 5.70. The van der Waals surface area contributed by atoms with Crippen molar-refractivity contribution in [2.24, 2.45) is 0 Å². The lowest BCUT2D eigenvalue weighted by Crippen LogP contribution is -2.00. The van der Waals surface area contributed by atoms with Gasteiger partial charge in [0.25, 0.3) is 5.69 Å². The van der Waals surface area contributed by atoms with Crippen LogP contribution in [0.1, 0.15) is 22.8 Å². The van der Waals surface area contributed by atoms with Gasteiger partial charge in [-0.25, -0.2) is 4.39 Å². The molecule has 108 valence electrons. The molecule has 0 amide bonds. The van der Waals surface area contributed by atoms with E-state index in [1.807, 2.05) is 0 Å². The van der Waals surface area contributed by atoms with E-state index in [-0.39, 0.29) is 22.8 Å². The van der Waals surface area contributed by atoms with Crippen molar-refractivity contribution in [3.05, 3.63) is 63.5 Å². The number of hydrogen-bond donors (Lipinski definition) is 0. The molecule has 0 radical (unpaired) electrons. The van der Waals surface area contributed by atoms with Crippen LogP contribution in [0.3, 0.4) is 0 Å². The van der Waals surface area contributed by atoms with Crippen LogP contribution in [0.2, 0.25) is 0 Å². The van der Waals surface area contributed by atoms with Crippen LogP contribution < -0.4 is 4.74 Å². The fourth-order valence-corrected chi connectivity index (χ4v) is 1.84. The highest BCUT2D eigenvalue weighted by Crippen LogP contribution is 2.29. The first-order chi connectivity index (χ1) is 9.88. The first-order valence-corrected chi connectivity index (χ1v) is 6.12. The predicted octanol–water partition coefficient (Wildman–Crippen LogP) is 4.04. The Morgan fingerprint density at radius 3 is 2.38 bits per heavy atom. The summed E-state index contributed by atoms with van der Waals surface area (Å²) in [5, 5.41) is 11.0. The lowest BCUT2D eigenvalue weighted by molar-refractivity contribution is -0.385. The molecular formula is C15H12FNO4. The van der Waals surface area contributed by atoms with E-state index in [0.29, 0.717) is 11.3 Å². The van der Waals surface area contributed by atoms with Gasteiger partial charge in [0.15, 0.2) is 5.78 Å². The molecule has 0 aliphatic carbocycles. The topological polar surface area (TPSA) is 69.4 Å². The summed E-state index contributed by atoms with van der Waals surface area (Å²) in [4.78, 5) is 21.7. The Balaban J connectivity index is 2.36. The van der Waals surface area contributed by atoms with Crippen LogP contribution in [0.5, 0.6) is 11.5 Å². The van der Waals surface area contributed by atoms with Gasteiger partial charge < -0.3 is 4.74 Å². The maximum Gasteiger partial charge on any atom is 0.283 e. The summed E-state index contributed by atoms with van der Waals surface area (Å²) >= 11 is 0. The van der Waals surface area contributed by atoms with Crippen molar-refractivity contribution in [2.75, 3.05) is 0 Å². The number of benzene rings is 2. The molecule has 0 saturated heterocycles. The quantitative estimate of drug-likeness (QED) is 0.484. The van der Waals surface area contributed by atoms with Gasteiger partial charge in [0, 0.05) is 0 Å². The van der Waals surface area contributed by atoms with Crippen molar-refractivity contribution in [2.45, 2.75) is 13.8 Å². The maximum atomic E-state index is 13.2. The Bertz CT molecular complexity index is 728. The number of nitrogens with zero attached hydrogens (tertiary/aromatic N) is 1. The lowest BCUT2D eigenvalue weighted by atomic mass is 10.1. The summed E-state index contributed by atoms with van der Waals surface area (Å²) < 4.78 is 18.6. The molecule has 5 nitrogen and oxygen atoms in total. The molecule has 2 aromatic carbocycles. The number of aryl methyl sites for hydroxylation is 1. The van der Waals surface area contributed by atoms with Crippen LogP contribution in [-0.4, -0.2) is 10.7 Å². The monoisotopic (exact) mass is 289 g/mol. The van der Waals surface area contributed by atoms with Crippen molar-refractivity contribution in [1.29, 1.82) is 0 Å². The number of carbonyl (C=O) groups excluding carboxylic acids is 1. The van der Waals surface area contributed by atoms with Gasteiger partial charge in [-0.3, -0.25) is 14.9 Å². The molecule has 2 aromatic rings. The first-order valence-electron chi connectivity index (χ1n) is 6.12. The highest BCUT2D eigenvalue weighted by atomic mass is 19.1. The fourth-order valence-electron chi connectivity index (χ4n) is 1.84. The summed E-state index contributed by atoms with van der Waals surface area (Å²) in [6, 6.07) is 8.14. The molecule has 2 rings (SSSR count). The van der Waals surface area contributed by atoms with Crippen LogP contribution in [0.15, 0.2) is 36.4 Å². The van der Waals surface area contributed by atoms with Crippen LogP contribution >= 0.6 is 0 Å². The predicted molar refractivity (Wildman–Crippen MR) is 74.3 cm³/mol. The average Bonchev–Trinajstić information content (AvgIpc) is 2.42. The van der Waals surface area contributed by atoms with E-state index in [0.717, 1.165) is 0 Å². The largest absolute Gasteiger partial charge is 0.457 e. The molecular weight excluding hydrogens is 277 g/mol. The second-order valence-corrected chi connectivity index (χ2v) is 4.51. The van der Waals surface area contributed by atoms with E-state index in [9.17, 15) is 19.3 Å². The number of rotatable bonds is 4. The van der Waals surface area contributed by atoms with Gasteiger partial charge in [-0.1, -0.05) is 0 Å². The van der Waals surface area contributed by atoms with Crippen molar-refractivity contribution in [3.63, 3.8) is 0 Å². The highest BCUT2D eigenvalue weighted by molar-refractivity contribution is 5.98. The molecule has 0 N–H and O–H groups in total. The number of ether oxygens (including phenoxy) is 1. The number of Topliss-reactive ketones (excluding diaryl/α,β-unsaturated/α-hetero) is 1. The smallest absolute Gasteiger partial charge is 0.283 e. The van der Waals surface area contributed by atoms with Gasteiger partial charge in [-0.2, -0.15) is 0 Å². The molecule has 0 fully saturated rings. The Hall–Kier alpha value is -2.76. The number of carbonyl (C=O) groups is 1. The summed E-state index contributed by atoms with van der Waals surface area (Å²) in [5.41, 5.74) is 0.101. The van der Waals surface area contributed by atoms with Crippen molar-refractivity contribution in [1.82, 2.24) is 0 Å². The van der Waals surface area contributed by atoms with Gasteiger partial charge in [-0.05, 0) is 49.7 Å². The minimum atomic E-state index is -0.639. The molecule has 0 bridgehead atoms. The number of halogens is 1. The Kier molecular flexibility index (Phi) is 3.98. The van der Waals surface area contributed by atoms with Gasteiger partial charge in [0.1, 0.15) is 17.3 Å². The normalized spacial score (nSPS) is 10.2. The number of ketones is 1. The zero-order valence-corrected chi connectivity index (χ0v) is 11.4. The summed E-state index contributed by atoms with van der Waals surface area (Å²) in [6.45, 7) is 2.84. The molecule has 21 heavy (non-hydrogen) atoms. The van der Waals surface area contributed by atoms with Crippen LogP contribution in [0.4, 0.5) is 10.1 Å².